The van der Waals surface area contributed by atoms with Crippen molar-refractivity contribution in [1.82, 2.24) is 0 Å². The molecule has 4 saturated carbocycles. The molecule has 0 aromatic heterocycles. The fourth-order valence-electron chi connectivity index (χ4n) is 5.73. The predicted molar refractivity (Wildman–Crippen MR) is 71.6 cm³/mol. The first-order chi connectivity index (χ1) is 8.16. The average molecular weight is 228 g/mol. The summed E-state index contributed by atoms with van der Waals surface area (Å²) in [6.07, 6.45) is 13.9. The smallest absolute Gasteiger partial charge is 0.00532 e. The van der Waals surface area contributed by atoms with Crippen LogP contribution >= 0.6 is 0 Å². The summed E-state index contributed by atoms with van der Waals surface area (Å²) in [5.74, 6) is 4.23. The first-order valence-corrected chi connectivity index (χ1v) is 7.54. The third kappa shape index (κ3) is 1.30. The third-order valence-electron chi connectivity index (χ3n) is 6.57. The van der Waals surface area contributed by atoms with E-state index < -0.39 is 0 Å². The van der Waals surface area contributed by atoms with Crippen LogP contribution in [0.2, 0.25) is 0 Å². The van der Waals surface area contributed by atoms with Crippen LogP contribution in [0.1, 0.15) is 52.4 Å². The fourth-order valence-corrected chi connectivity index (χ4v) is 5.73. The van der Waals surface area contributed by atoms with Gasteiger partial charge in [-0.2, -0.15) is 0 Å². The summed E-state index contributed by atoms with van der Waals surface area (Å²) >= 11 is 0. The molecule has 17 heavy (non-hydrogen) atoms. The summed E-state index contributed by atoms with van der Waals surface area (Å²) in [5, 5.41) is 0. The highest BCUT2D eigenvalue weighted by molar-refractivity contribution is 5.37. The molecule has 0 N–H and O–H groups in total. The van der Waals surface area contributed by atoms with Gasteiger partial charge in [-0.15, -0.1) is 0 Å². The Balaban J connectivity index is 1.72. The van der Waals surface area contributed by atoms with E-state index in [1.807, 2.05) is 0 Å². The Bertz CT molecular complexity index is 382. The molecule has 0 radical (unpaired) electrons. The molecule has 0 heteroatoms. The third-order valence-corrected chi connectivity index (χ3v) is 6.57. The zero-order chi connectivity index (χ0) is 11.6. The van der Waals surface area contributed by atoms with Gasteiger partial charge in [0.05, 0.1) is 0 Å². The standard InChI is InChI=1S/C17H24/c1-11-3-4-14(5-11)17(2)15-7-12-6-13(9-15)10-16(17)8-12/h3,5,12-13,15-16H,4,6-10H2,1-2H3. The highest BCUT2D eigenvalue weighted by Crippen LogP contribution is 2.65. The average Bonchev–Trinajstić information content (AvgIpc) is 2.72. The molecule has 0 heterocycles. The summed E-state index contributed by atoms with van der Waals surface area (Å²) < 4.78 is 0. The van der Waals surface area contributed by atoms with E-state index in [0.717, 1.165) is 23.7 Å². The molecule has 92 valence electrons. The summed E-state index contributed by atoms with van der Waals surface area (Å²) in [6.45, 7) is 4.88. The summed E-state index contributed by atoms with van der Waals surface area (Å²) in [4.78, 5) is 0. The van der Waals surface area contributed by atoms with E-state index in [2.05, 4.69) is 26.0 Å². The fraction of sp³-hybridized carbons (Fsp3) is 0.765. The van der Waals surface area contributed by atoms with Crippen LogP contribution in [0.25, 0.3) is 0 Å². The van der Waals surface area contributed by atoms with Gasteiger partial charge in [-0.05, 0) is 74.5 Å². The Labute approximate surface area is 105 Å². The molecule has 4 bridgehead atoms. The Morgan fingerprint density at radius 3 is 2.06 bits per heavy atom. The quantitative estimate of drug-likeness (QED) is 0.609. The summed E-state index contributed by atoms with van der Waals surface area (Å²) in [6, 6.07) is 0. The molecule has 5 aliphatic carbocycles. The maximum atomic E-state index is 2.61. The highest BCUT2D eigenvalue weighted by atomic mass is 14.6. The van der Waals surface area contributed by atoms with Crippen LogP contribution in [0.3, 0.4) is 0 Å². The zero-order valence-electron chi connectivity index (χ0n) is 11.2. The molecular weight excluding hydrogens is 204 g/mol. The van der Waals surface area contributed by atoms with Crippen molar-refractivity contribution in [1.29, 1.82) is 0 Å². The van der Waals surface area contributed by atoms with Gasteiger partial charge >= 0.3 is 0 Å². The first-order valence-electron chi connectivity index (χ1n) is 7.54. The molecule has 0 aromatic carbocycles. The van der Waals surface area contributed by atoms with Crippen molar-refractivity contribution in [3.8, 4) is 0 Å². The molecule has 0 amide bonds. The molecule has 0 unspecified atom stereocenters. The highest BCUT2D eigenvalue weighted by Gasteiger charge is 2.55. The van der Waals surface area contributed by atoms with Crippen LogP contribution in [0.5, 0.6) is 0 Å². The molecule has 0 atom stereocenters. The van der Waals surface area contributed by atoms with E-state index in [-0.39, 0.29) is 0 Å². The maximum Gasteiger partial charge on any atom is -0.00532 e. The van der Waals surface area contributed by atoms with E-state index in [1.54, 1.807) is 37.7 Å². The van der Waals surface area contributed by atoms with E-state index in [0.29, 0.717) is 5.41 Å². The lowest BCUT2D eigenvalue weighted by Crippen LogP contribution is -2.52. The molecular formula is C17H24. The van der Waals surface area contributed by atoms with Crippen molar-refractivity contribution in [3.05, 3.63) is 23.3 Å². The Hall–Kier alpha value is -0.520. The monoisotopic (exact) mass is 228 g/mol. The van der Waals surface area contributed by atoms with Crippen LogP contribution in [-0.2, 0) is 0 Å². The lowest BCUT2D eigenvalue weighted by Gasteiger charge is -2.61. The van der Waals surface area contributed by atoms with Gasteiger partial charge in [0.15, 0.2) is 0 Å². The molecule has 5 aliphatic rings. The van der Waals surface area contributed by atoms with Gasteiger partial charge in [-0.1, -0.05) is 30.2 Å². The Morgan fingerprint density at radius 2 is 1.59 bits per heavy atom. The van der Waals surface area contributed by atoms with Gasteiger partial charge in [0.1, 0.15) is 0 Å². The molecule has 4 fully saturated rings. The molecule has 0 nitrogen and oxygen atoms in total. The van der Waals surface area contributed by atoms with Crippen molar-refractivity contribution in [3.63, 3.8) is 0 Å². The van der Waals surface area contributed by atoms with Crippen molar-refractivity contribution >= 4 is 0 Å². The second kappa shape index (κ2) is 3.28. The Morgan fingerprint density at radius 1 is 1.00 bits per heavy atom. The second-order valence-corrected chi connectivity index (χ2v) is 7.41. The number of allylic oxidation sites excluding steroid dienone is 4. The van der Waals surface area contributed by atoms with Gasteiger partial charge in [0.2, 0.25) is 0 Å². The minimum Gasteiger partial charge on any atom is -0.0775 e. The van der Waals surface area contributed by atoms with Crippen molar-refractivity contribution < 1.29 is 0 Å². The topological polar surface area (TPSA) is 0 Å². The molecule has 0 spiro atoms. The lowest BCUT2D eigenvalue weighted by molar-refractivity contribution is -0.0778. The maximum absolute atomic E-state index is 2.61. The zero-order valence-corrected chi connectivity index (χ0v) is 11.2. The van der Waals surface area contributed by atoms with Gasteiger partial charge < -0.3 is 0 Å². The van der Waals surface area contributed by atoms with Crippen molar-refractivity contribution in [2.75, 3.05) is 0 Å². The largest absolute Gasteiger partial charge is 0.0775 e. The SMILES string of the molecule is CC1=CCC(C2(C)C3CC4CC(C3)CC2C4)=C1. The van der Waals surface area contributed by atoms with E-state index in [4.69, 9.17) is 0 Å². The lowest BCUT2D eigenvalue weighted by atomic mass is 9.44. The normalized spacial score (nSPS) is 51.6. The molecule has 0 saturated heterocycles. The van der Waals surface area contributed by atoms with Gasteiger partial charge in [0, 0.05) is 0 Å². The second-order valence-electron chi connectivity index (χ2n) is 7.41. The molecule has 0 aliphatic heterocycles. The van der Waals surface area contributed by atoms with Crippen LogP contribution in [-0.4, -0.2) is 0 Å². The minimum absolute atomic E-state index is 0.571. The van der Waals surface area contributed by atoms with Crippen molar-refractivity contribution in [2.45, 2.75) is 52.4 Å². The van der Waals surface area contributed by atoms with Crippen LogP contribution < -0.4 is 0 Å². The summed E-state index contributed by atoms with van der Waals surface area (Å²) in [5.41, 5.74) is 3.86. The minimum atomic E-state index is 0.571. The first kappa shape index (κ1) is 10.4. The summed E-state index contributed by atoms with van der Waals surface area (Å²) in [7, 11) is 0. The van der Waals surface area contributed by atoms with Crippen LogP contribution in [0.4, 0.5) is 0 Å². The van der Waals surface area contributed by atoms with E-state index >= 15 is 0 Å². The Kier molecular flexibility index (Phi) is 2.00. The van der Waals surface area contributed by atoms with Gasteiger partial charge in [-0.3, -0.25) is 0 Å². The number of hydrogen-bond acceptors (Lipinski definition) is 0. The predicted octanol–water partition coefficient (Wildman–Crippen LogP) is 4.73. The molecule has 5 rings (SSSR count). The van der Waals surface area contributed by atoms with Crippen LogP contribution in [0.15, 0.2) is 23.3 Å². The van der Waals surface area contributed by atoms with Gasteiger partial charge in [-0.25, -0.2) is 0 Å². The van der Waals surface area contributed by atoms with E-state index in [9.17, 15) is 0 Å². The van der Waals surface area contributed by atoms with Gasteiger partial charge in [0.25, 0.3) is 0 Å². The van der Waals surface area contributed by atoms with E-state index in [1.165, 1.54) is 12.0 Å². The van der Waals surface area contributed by atoms with Crippen molar-refractivity contribution in [2.24, 2.45) is 29.1 Å². The number of hydrogen-bond donors (Lipinski definition) is 0. The molecule has 0 aromatic rings. The number of rotatable bonds is 1. The van der Waals surface area contributed by atoms with Crippen LogP contribution in [0, 0.1) is 29.1 Å².